The smallest absolute Gasteiger partial charge is 0.347 e. The van der Waals surface area contributed by atoms with Crippen LogP contribution in [0.25, 0.3) is 11.4 Å². The van der Waals surface area contributed by atoms with Gasteiger partial charge in [-0.3, -0.25) is 4.79 Å². The van der Waals surface area contributed by atoms with Crippen LogP contribution >= 0.6 is 0 Å². The standard InChI is InChI=1S/C18H15N3O3/c1-24-18(23)14-16(19-13-10-6-3-7-11-13)20-15(21-17(14)22)12-8-4-2-5-9-12/h2-11H,1H3,(H2,19,20,21,22). The molecule has 120 valence electrons. The van der Waals surface area contributed by atoms with Gasteiger partial charge in [-0.1, -0.05) is 48.5 Å². The van der Waals surface area contributed by atoms with E-state index in [0.29, 0.717) is 11.5 Å². The van der Waals surface area contributed by atoms with Gasteiger partial charge in [0.05, 0.1) is 7.11 Å². The molecule has 0 fully saturated rings. The number of nitrogens with zero attached hydrogens (tertiary/aromatic N) is 1. The Kier molecular flexibility index (Phi) is 4.38. The summed E-state index contributed by atoms with van der Waals surface area (Å²) < 4.78 is 4.70. The molecule has 1 aromatic heterocycles. The molecule has 0 atom stereocenters. The molecule has 0 bridgehead atoms. The van der Waals surface area contributed by atoms with Crippen LogP contribution in [0.1, 0.15) is 10.4 Å². The van der Waals surface area contributed by atoms with Crippen molar-refractivity contribution in [2.45, 2.75) is 0 Å². The van der Waals surface area contributed by atoms with Gasteiger partial charge in [0, 0.05) is 11.3 Å². The zero-order valence-corrected chi connectivity index (χ0v) is 12.9. The van der Waals surface area contributed by atoms with Crippen molar-refractivity contribution >= 4 is 17.5 Å². The number of hydrogen-bond acceptors (Lipinski definition) is 5. The van der Waals surface area contributed by atoms with Gasteiger partial charge in [-0.2, -0.15) is 0 Å². The third kappa shape index (κ3) is 3.17. The molecule has 0 amide bonds. The molecule has 3 aromatic rings. The van der Waals surface area contributed by atoms with Gasteiger partial charge in [0.15, 0.2) is 11.4 Å². The number of para-hydroxylation sites is 1. The van der Waals surface area contributed by atoms with Crippen molar-refractivity contribution in [3.8, 4) is 11.4 Å². The number of esters is 1. The third-order valence-corrected chi connectivity index (χ3v) is 3.39. The van der Waals surface area contributed by atoms with E-state index in [1.165, 1.54) is 7.11 Å². The molecular weight excluding hydrogens is 306 g/mol. The molecule has 0 aliphatic heterocycles. The Labute approximate surface area is 138 Å². The number of aromatic amines is 1. The predicted octanol–water partition coefficient (Wildman–Crippen LogP) is 2.97. The fourth-order valence-corrected chi connectivity index (χ4v) is 2.25. The molecule has 6 nitrogen and oxygen atoms in total. The maximum absolute atomic E-state index is 12.4. The van der Waals surface area contributed by atoms with E-state index in [1.807, 2.05) is 60.7 Å². The number of H-pyrrole nitrogens is 1. The molecule has 1 heterocycles. The molecule has 3 rings (SSSR count). The van der Waals surface area contributed by atoms with Crippen LogP contribution < -0.4 is 10.9 Å². The van der Waals surface area contributed by atoms with Crippen molar-refractivity contribution in [2.75, 3.05) is 12.4 Å². The summed E-state index contributed by atoms with van der Waals surface area (Å²) in [5.41, 5.74) is 0.720. The van der Waals surface area contributed by atoms with E-state index < -0.39 is 11.5 Å². The van der Waals surface area contributed by atoms with Gasteiger partial charge in [0.2, 0.25) is 0 Å². The van der Waals surface area contributed by atoms with Crippen molar-refractivity contribution in [3.05, 3.63) is 76.6 Å². The van der Waals surface area contributed by atoms with Gasteiger partial charge in [0.25, 0.3) is 5.56 Å². The van der Waals surface area contributed by atoms with Crippen LogP contribution in [0.3, 0.4) is 0 Å². The summed E-state index contributed by atoms with van der Waals surface area (Å²) in [6.07, 6.45) is 0. The van der Waals surface area contributed by atoms with E-state index in [0.717, 1.165) is 5.56 Å². The van der Waals surface area contributed by atoms with Crippen LogP contribution in [0, 0.1) is 0 Å². The van der Waals surface area contributed by atoms with Crippen molar-refractivity contribution in [1.82, 2.24) is 9.97 Å². The highest BCUT2D eigenvalue weighted by Gasteiger charge is 2.20. The van der Waals surface area contributed by atoms with Crippen LogP contribution in [-0.4, -0.2) is 23.0 Å². The van der Waals surface area contributed by atoms with Crippen LogP contribution in [0.4, 0.5) is 11.5 Å². The Hall–Kier alpha value is -3.41. The second-order valence-corrected chi connectivity index (χ2v) is 4.99. The number of nitrogens with one attached hydrogen (secondary N) is 2. The Morgan fingerprint density at radius 1 is 1.04 bits per heavy atom. The number of carbonyl (C=O) groups excluding carboxylic acids is 1. The molecular formula is C18H15N3O3. The topological polar surface area (TPSA) is 84.1 Å². The molecule has 0 saturated heterocycles. The molecule has 0 radical (unpaired) electrons. The summed E-state index contributed by atoms with van der Waals surface area (Å²) in [7, 11) is 1.22. The Balaban J connectivity index is 2.13. The van der Waals surface area contributed by atoms with E-state index in [9.17, 15) is 9.59 Å². The summed E-state index contributed by atoms with van der Waals surface area (Å²) in [6, 6.07) is 18.4. The second kappa shape index (κ2) is 6.78. The van der Waals surface area contributed by atoms with Crippen LogP contribution in [-0.2, 0) is 4.74 Å². The Morgan fingerprint density at radius 2 is 1.67 bits per heavy atom. The largest absolute Gasteiger partial charge is 0.465 e. The van der Waals surface area contributed by atoms with Crippen molar-refractivity contribution in [2.24, 2.45) is 0 Å². The Morgan fingerprint density at radius 3 is 2.29 bits per heavy atom. The normalized spacial score (nSPS) is 10.2. The summed E-state index contributed by atoms with van der Waals surface area (Å²) >= 11 is 0. The minimum Gasteiger partial charge on any atom is -0.465 e. The molecule has 2 N–H and O–H groups in total. The summed E-state index contributed by atoms with van der Waals surface area (Å²) in [6.45, 7) is 0. The lowest BCUT2D eigenvalue weighted by atomic mass is 10.2. The number of rotatable bonds is 4. The van der Waals surface area contributed by atoms with Crippen molar-refractivity contribution in [1.29, 1.82) is 0 Å². The SMILES string of the molecule is COC(=O)c1c(Nc2ccccc2)nc(-c2ccccc2)[nH]c1=O. The van der Waals surface area contributed by atoms with E-state index in [4.69, 9.17) is 4.74 Å². The lowest BCUT2D eigenvalue weighted by Crippen LogP contribution is -2.23. The monoisotopic (exact) mass is 321 g/mol. The number of carbonyl (C=O) groups is 1. The van der Waals surface area contributed by atoms with E-state index >= 15 is 0 Å². The first kappa shape index (κ1) is 15.5. The minimum atomic E-state index is -0.748. The zero-order chi connectivity index (χ0) is 16.9. The maximum Gasteiger partial charge on any atom is 0.347 e. The zero-order valence-electron chi connectivity index (χ0n) is 12.9. The highest BCUT2D eigenvalue weighted by atomic mass is 16.5. The van der Waals surface area contributed by atoms with Gasteiger partial charge in [0.1, 0.15) is 5.82 Å². The number of hydrogen-bond donors (Lipinski definition) is 2. The molecule has 2 aromatic carbocycles. The summed E-state index contributed by atoms with van der Waals surface area (Å²) in [5, 5.41) is 3.01. The first-order valence-corrected chi connectivity index (χ1v) is 7.29. The third-order valence-electron chi connectivity index (χ3n) is 3.39. The van der Waals surface area contributed by atoms with E-state index in [1.54, 1.807) is 0 Å². The average Bonchev–Trinajstić information content (AvgIpc) is 2.62. The fraction of sp³-hybridized carbons (Fsp3) is 0.0556. The van der Waals surface area contributed by atoms with Crippen LogP contribution in [0.2, 0.25) is 0 Å². The molecule has 6 heteroatoms. The molecule has 0 aliphatic rings. The number of ether oxygens (including phenoxy) is 1. The quantitative estimate of drug-likeness (QED) is 0.722. The first-order valence-electron chi connectivity index (χ1n) is 7.29. The number of methoxy groups -OCH3 is 1. The van der Waals surface area contributed by atoms with Crippen molar-refractivity contribution in [3.63, 3.8) is 0 Å². The molecule has 0 saturated carbocycles. The van der Waals surface area contributed by atoms with Gasteiger partial charge < -0.3 is 15.0 Å². The molecule has 0 spiro atoms. The number of anilines is 2. The maximum atomic E-state index is 12.4. The van der Waals surface area contributed by atoms with Crippen LogP contribution in [0.15, 0.2) is 65.5 Å². The van der Waals surface area contributed by atoms with Gasteiger partial charge in [-0.25, -0.2) is 9.78 Å². The van der Waals surface area contributed by atoms with Gasteiger partial charge in [-0.15, -0.1) is 0 Å². The second-order valence-electron chi connectivity index (χ2n) is 4.99. The lowest BCUT2D eigenvalue weighted by Gasteiger charge is -2.11. The molecule has 0 aliphatic carbocycles. The van der Waals surface area contributed by atoms with E-state index in [-0.39, 0.29) is 11.4 Å². The van der Waals surface area contributed by atoms with Gasteiger partial charge >= 0.3 is 5.97 Å². The molecule has 0 unspecified atom stereocenters. The lowest BCUT2D eigenvalue weighted by molar-refractivity contribution is 0.0599. The first-order chi connectivity index (χ1) is 11.7. The van der Waals surface area contributed by atoms with Crippen molar-refractivity contribution < 1.29 is 9.53 Å². The minimum absolute atomic E-state index is 0.149. The molecule has 24 heavy (non-hydrogen) atoms. The highest BCUT2D eigenvalue weighted by Crippen LogP contribution is 2.20. The summed E-state index contributed by atoms with van der Waals surface area (Å²) in [5.74, 6) is -0.232. The highest BCUT2D eigenvalue weighted by molar-refractivity contribution is 5.95. The Bertz CT molecular complexity index is 906. The summed E-state index contributed by atoms with van der Waals surface area (Å²) in [4.78, 5) is 31.4. The number of benzene rings is 2. The fourth-order valence-electron chi connectivity index (χ4n) is 2.25. The average molecular weight is 321 g/mol. The number of aromatic nitrogens is 2. The predicted molar refractivity (Wildman–Crippen MR) is 91.4 cm³/mol. The van der Waals surface area contributed by atoms with E-state index in [2.05, 4.69) is 15.3 Å². The van der Waals surface area contributed by atoms with Crippen LogP contribution in [0.5, 0.6) is 0 Å². The van der Waals surface area contributed by atoms with Gasteiger partial charge in [-0.05, 0) is 12.1 Å².